The van der Waals surface area contributed by atoms with Crippen LogP contribution in [0.5, 0.6) is 5.75 Å². The summed E-state index contributed by atoms with van der Waals surface area (Å²) in [6, 6.07) is 9.07. The van der Waals surface area contributed by atoms with Crippen molar-refractivity contribution in [1.29, 1.82) is 0 Å². The lowest BCUT2D eigenvalue weighted by Gasteiger charge is -2.10. The highest BCUT2D eigenvalue weighted by molar-refractivity contribution is 7.98. The van der Waals surface area contributed by atoms with Gasteiger partial charge in [-0.05, 0) is 35.9 Å². The Kier molecular flexibility index (Phi) is 4.98. The average molecular weight is 295 g/mol. The van der Waals surface area contributed by atoms with Crippen molar-refractivity contribution in [2.75, 3.05) is 7.11 Å². The van der Waals surface area contributed by atoms with E-state index in [0.29, 0.717) is 18.0 Å². The molecular formula is C15H15F2NOS. The van der Waals surface area contributed by atoms with Gasteiger partial charge in [0.2, 0.25) is 0 Å². The van der Waals surface area contributed by atoms with E-state index in [1.54, 1.807) is 7.11 Å². The highest BCUT2D eigenvalue weighted by Crippen LogP contribution is 2.30. The smallest absolute Gasteiger partial charge is 0.136 e. The second-order valence-electron chi connectivity index (χ2n) is 4.21. The predicted molar refractivity (Wildman–Crippen MR) is 76.8 cm³/mol. The molecule has 0 saturated heterocycles. The number of rotatable bonds is 5. The maximum absolute atomic E-state index is 13.6. The van der Waals surface area contributed by atoms with Gasteiger partial charge in [-0.1, -0.05) is 6.07 Å². The van der Waals surface area contributed by atoms with Crippen LogP contribution in [0.2, 0.25) is 0 Å². The molecule has 0 amide bonds. The fourth-order valence-corrected chi connectivity index (χ4v) is 2.75. The lowest BCUT2D eigenvalue weighted by atomic mass is 10.1. The molecule has 0 aliphatic rings. The van der Waals surface area contributed by atoms with E-state index in [-0.39, 0.29) is 4.90 Å². The zero-order valence-corrected chi connectivity index (χ0v) is 11.8. The summed E-state index contributed by atoms with van der Waals surface area (Å²) in [7, 11) is 1.58. The Bertz CT molecular complexity index is 604. The second kappa shape index (κ2) is 6.72. The molecule has 106 valence electrons. The Morgan fingerprint density at radius 3 is 2.65 bits per heavy atom. The van der Waals surface area contributed by atoms with Crippen molar-refractivity contribution in [3.8, 4) is 5.75 Å². The summed E-state index contributed by atoms with van der Waals surface area (Å²) in [6.45, 7) is 0.427. The average Bonchev–Trinajstić information content (AvgIpc) is 2.47. The van der Waals surface area contributed by atoms with E-state index in [9.17, 15) is 8.78 Å². The zero-order chi connectivity index (χ0) is 14.5. The second-order valence-corrected chi connectivity index (χ2v) is 5.23. The molecule has 0 atom stereocenters. The van der Waals surface area contributed by atoms with Crippen LogP contribution < -0.4 is 10.5 Å². The van der Waals surface area contributed by atoms with Crippen molar-refractivity contribution in [2.24, 2.45) is 5.73 Å². The molecule has 0 saturated carbocycles. The van der Waals surface area contributed by atoms with Gasteiger partial charge in [-0.3, -0.25) is 0 Å². The summed E-state index contributed by atoms with van der Waals surface area (Å²) in [6.07, 6.45) is 0. The van der Waals surface area contributed by atoms with E-state index < -0.39 is 11.6 Å². The first-order chi connectivity index (χ1) is 9.63. The van der Waals surface area contributed by atoms with Gasteiger partial charge < -0.3 is 10.5 Å². The van der Waals surface area contributed by atoms with Crippen molar-refractivity contribution in [3.63, 3.8) is 0 Å². The molecule has 0 fully saturated rings. The predicted octanol–water partition coefficient (Wildman–Crippen LogP) is 3.72. The van der Waals surface area contributed by atoms with Crippen molar-refractivity contribution >= 4 is 11.8 Å². The molecule has 0 aliphatic heterocycles. The molecule has 0 aromatic heterocycles. The molecular weight excluding hydrogens is 280 g/mol. The molecule has 0 spiro atoms. The highest BCUT2D eigenvalue weighted by Gasteiger charge is 2.08. The van der Waals surface area contributed by atoms with E-state index in [1.807, 2.05) is 18.2 Å². The largest absolute Gasteiger partial charge is 0.496 e. The number of nitrogens with two attached hydrogens (primary N) is 1. The Hall–Kier alpha value is -1.59. The van der Waals surface area contributed by atoms with Gasteiger partial charge in [0.15, 0.2) is 0 Å². The summed E-state index contributed by atoms with van der Waals surface area (Å²) >= 11 is 1.23. The summed E-state index contributed by atoms with van der Waals surface area (Å²) in [5.74, 6) is 0.325. The first-order valence-electron chi connectivity index (χ1n) is 6.07. The normalized spacial score (nSPS) is 10.6. The number of ether oxygens (including phenoxy) is 1. The topological polar surface area (TPSA) is 35.2 Å². The summed E-state index contributed by atoms with van der Waals surface area (Å²) in [5, 5.41) is 0. The molecule has 2 aromatic rings. The first-order valence-corrected chi connectivity index (χ1v) is 7.06. The highest BCUT2D eigenvalue weighted by atomic mass is 32.2. The summed E-state index contributed by atoms with van der Waals surface area (Å²) in [5.41, 5.74) is 7.48. The molecule has 0 radical (unpaired) electrons. The van der Waals surface area contributed by atoms with Gasteiger partial charge in [0.25, 0.3) is 0 Å². The molecule has 20 heavy (non-hydrogen) atoms. The van der Waals surface area contributed by atoms with Crippen molar-refractivity contribution in [1.82, 2.24) is 0 Å². The fourth-order valence-electron chi connectivity index (χ4n) is 1.82. The quantitative estimate of drug-likeness (QED) is 0.854. The molecule has 0 heterocycles. The number of hydrogen-bond acceptors (Lipinski definition) is 3. The first kappa shape index (κ1) is 14.8. The molecule has 2 N–H and O–H groups in total. The van der Waals surface area contributed by atoms with Crippen LogP contribution in [0.3, 0.4) is 0 Å². The van der Waals surface area contributed by atoms with Gasteiger partial charge in [0.05, 0.1) is 7.11 Å². The molecule has 2 aromatic carbocycles. The van der Waals surface area contributed by atoms with Crippen molar-refractivity contribution < 1.29 is 13.5 Å². The molecule has 0 unspecified atom stereocenters. The Balaban J connectivity index is 2.19. The summed E-state index contributed by atoms with van der Waals surface area (Å²) < 4.78 is 31.9. The van der Waals surface area contributed by atoms with Crippen LogP contribution in [-0.4, -0.2) is 7.11 Å². The number of thioether (sulfide) groups is 1. The molecule has 2 rings (SSSR count). The zero-order valence-electron chi connectivity index (χ0n) is 11.0. The van der Waals surface area contributed by atoms with Crippen LogP contribution >= 0.6 is 11.8 Å². The van der Waals surface area contributed by atoms with Gasteiger partial charge in [-0.25, -0.2) is 8.78 Å². The van der Waals surface area contributed by atoms with E-state index in [1.165, 1.54) is 17.8 Å². The number of benzene rings is 2. The van der Waals surface area contributed by atoms with Crippen LogP contribution in [0, 0.1) is 11.6 Å². The number of hydrogen-bond donors (Lipinski definition) is 1. The van der Waals surface area contributed by atoms with Crippen molar-refractivity contribution in [3.05, 3.63) is 59.2 Å². The summed E-state index contributed by atoms with van der Waals surface area (Å²) in [4.78, 5) is 0.283. The molecule has 0 aliphatic carbocycles. The standard InChI is InChI=1S/C15H15F2NOS/c1-19-14-5-2-10(8-18)6-11(14)9-20-15-7-12(16)3-4-13(15)17/h2-7H,8-9,18H2,1H3. The number of halogens is 2. The van der Waals surface area contributed by atoms with E-state index >= 15 is 0 Å². The Morgan fingerprint density at radius 2 is 1.95 bits per heavy atom. The number of methoxy groups -OCH3 is 1. The van der Waals surface area contributed by atoms with Crippen LogP contribution in [0.15, 0.2) is 41.3 Å². The maximum Gasteiger partial charge on any atom is 0.136 e. The maximum atomic E-state index is 13.6. The minimum absolute atomic E-state index is 0.283. The van der Waals surface area contributed by atoms with Gasteiger partial charge in [-0.15, -0.1) is 11.8 Å². The molecule has 2 nitrogen and oxygen atoms in total. The molecule has 0 bridgehead atoms. The minimum atomic E-state index is -0.448. The lowest BCUT2D eigenvalue weighted by Crippen LogP contribution is -1.99. The van der Waals surface area contributed by atoms with E-state index in [4.69, 9.17) is 10.5 Å². The SMILES string of the molecule is COc1ccc(CN)cc1CSc1cc(F)ccc1F. The van der Waals surface area contributed by atoms with Crippen LogP contribution in [0.1, 0.15) is 11.1 Å². The third-order valence-corrected chi connectivity index (χ3v) is 3.94. The van der Waals surface area contributed by atoms with Gasteiger partial charge in [0, 0.05) is 22.8 Å². The lowest BCUT2D eigenvalue weighted by molar-refractivity contribution is 0.411. The van der Waals surface area contributed by atoms with Crippen molar-refractivity contribution in [2.45, 2.75) is 17.2 Å². The third-order valence-electron chi connectivity index (χ3n) is 2.86. The van der Waals surface area contributed by atoms with Gasteiger partial charge in [-0.2, -0.15) is 0 Å². The van der Waals surface area contributed by atoms with Crippen LogP contribution in [0.25, 0.3) is 0 Å². The third kappa shape index (κ3) is 3.49. The van der Waals surface area contributed by atoms with Crippen LogP contribution in [-0.2, 0) is 12.3 Å². The minimum Gasteiger partial charge on any atom is -0.496 e. The van der Waals surface area contributed by atoms with E-state index in [2.05, 4.69) is 0 Å². The van der Waals surface area contributed by atoms with E-state index in [0.717, 1.165) is 23.3 Å². The Labute approximate surface area is 120 Å². The van der Waals surface area contributed by atoms with Crippen LogP contribution in [0.4, 0.5) is 8.78 Å². The van der Waals surface area contributed by atoms with Gasteiger partial charge in [0.1, 0.15) is 17.4 Å². The Morgan fingerprint density at radius 1 is 1.15 bits per heavy atom. The fraction of sp³-hybridized carbons (Fsp3) is 0.200. The molecule has 5 heteroatoms. The van der Waals surface area contributed by atoms with Gasteiger partial charge >= 0.3 is 0 Å². The monoisotopic (exact) mass is 295 g/mol.